The van der Waals surface area contributed by atoms with Gasteiger partial charge in [-0.25, -0.2) is 0 Å². The molecule has 0 saturated heterocycles. The molecule has 1 aliphatic rings. The van der Waals surface area contributed by atoms with Crippen molar-refractivity contribution in [2.75, 3.05) is 9.33 Å². The van der Waals surface area contributed by atoms with Gasteiger partial charge in [0.15, 0.2) is 0 Å². The fraction of sp³-hybridized carbons (Fsp3) is 0.417. The van der Waals surface area contributed by atoms with Gasteiger partial charge < -0.3 is 0 Å². The van der Waals surface area contributed by atoms with Crippen molar-refractivity contribution in [1.82, 2.24) is 0 Å². The first kappa shape index (κ1) is 14.6. The summed E-state index contributed by atoms with van der Waals surface area (Å²) in [6.07, 6.45) is 1.96. The van der Waals surface area contributed by atoms with Crippen LogP contribution >= 0.6 is 0 Å². The van der Waals surface area contributed by atoms with Crippen molar-refractivity contribution in [2.45, 2.75) is 27.7 Å². The van der Waals surface area contributed by atoms with Crippen molar-refractivity contribution >= 4 is 11.9 Å². The molecule has 1 heterocycles. The molecule has 0 spiro atoms. The molecule has 0 bridgehead atoms. The molecule has 2 nitrogen and oxygen atoms in total. The number of nitrogens with zero attached hydrogens (tertiary/aromatic N) is 2. The minimum absolute atomic E-state index is 0.645. The van der Waals surface area contributed by atoms with Crippen LogP contribution in [-0.4, -0.2) is 12.9 Å². The molecule has 0 N–H and O–H groups in total. The fourth-order valence-electron chi connectivity index (χ4n) is 1.20. The van der Waals surface area contributed by atoms with Crippen LogP contribution in [0.25, 0.3) is 0 Å². The number of aliphatic imine (C=N–C) groups is 1. The van der Waals surface area contributed by atoms with Crippen LogP contribution in [0.1, 0.15) is 33.3 Å². The molecule has 0 aromatic heterocycles. The summed E-state index contributed by atoms with van der Waals surface area (Å²) in [6.45, 7) is 8.86. The fourth-order valence-corrected chi connectivity index (χ4v) is 2.77. The van der Waals surface area contributed by atoms with E-state index in [1.165, 1.54) is 11.3 Å². The van der Waals surface area contributed by atoms with Crippen molar-refractivity contribution in [3.05, 3.63) is 29.8 Å². The van der Waals surface area contributed by atoms with E-state index in [0.29, 0.717) is 26.4 Å². The molecular formula is C12H19HgN2. The van der Waals surface area contributed by atoms with Crippen molar-refractivity contribution in [3.63, 3.8) is 0 Å². The second-order valence-electron chi connectivity index (χ2n) is 2.55. The molecule has 0 atom stereocenters. The Hall–Kier alpha value is -0.375. The average molecular weight is 392 g/mol. The van der Waals surface area contributed by atoms with Crippen LogP contribution < -0.4 is 2.66 Å². The molecule has 2 rings (SSSR count). The minimum atomic E-state index is 0.645. The molecule has 79 valence electrons. The Morgan fingerprint density at radius 3 is 2.33 bits per heavy atom. The van der Waals surface area contributed by atoms with E-state index in [1.807, 2.05) is 33.9 Å². The van der Waals surface area contributed by atoms with Crippen LogP contribution in [0.3, 0.4) is 0 Å². The van der Waals surface area contributed by atoms with Gasteiger partial charge in [-0.2, -0.15) is 0 Å². The number of hydrogen-bond acceptors (Lipinski definition) is 2. The zero-order valence-corrected chi connectivity index (χ0v) is 15.7. The number of hydrogen-bond donors (Lipinski definition) is 0. The Kier molecular flexibility index (Phi) is 8.67. The van der Waals surface area contributed by atoms with Crippen LogP contribution in [0.2, 0.25) is 0 Å². The normalized spacial score (nSPS) is 11.7. The Balaban J connectivity index is 0.000000442. The number of anilines is 1. The number of benzene rings is 1. The SMILES string of the molecule is CC.CC.[Hg][N]1CN=Cc2ccccc21. The molecule has 15 heavy (non-hydrogen) atoms. The van der Waals surface area contributed by atoms with Crippen LogP contribution in [0.5, 0.6) is 0 Å². The van der Waals surface area contributed by atoms with Gasteiger partial charge in [-0.1, -0.05) is 27.7 Å². The van der Waals surface area contributed by atoms with Crippen LogP contribution in [0.4, 0.5) is 5.69 Å². The van der Waals surface area contributed by atoms with E-state index < -0.39 is 0 Å². The summed E-state index contributed by atoms with van der Waals surface area (Å²) >= 11 is 0.645. The summed E-state index contributed by atoms with van der Waals surface area (Å²) in [5.74, 6) is 0. The van der Waals surface area contributed by atoms with Gasteiger partial charge >= 0.3 is 82.5 Å². The first-order chi connectivity index (χ1) is 7.38. The van der Waals surface area contributed by atoms with Crippen molar-refractivity contribution in [1.29, 1.82) is 0 Å². The molecule has 1 aliphatic heterocycles. The van der Waals surface area contributed by atoms with Gasteiger partial charge in [-0.15, -0.1) is 0 Å². The summed E-state index contributed by atoms with van der Waals surface area (Å²) in [7, 11) is 0. The van der Waals surface area contributed by atoms with Gasteiger partial charge in [0.2, 0.25) is 0 Å². The Bertz CT molecular complexity index is 297. The molecule has 1 aromatic carbocycles. The van der Waals surface area contributed by atoms with E-state index >= 15 is 0 Å². The second-order valence-corrected chi connectivity index (χ2v) is 5.52. The summed E-state index contributed by atoms with van der Waals surface area (Å²) < 4.78 is 2.33. The van der Waals surface area contributed by atoms with Crippen LogP contribution in [-0.2, 0) is 26.4 Å². The molecule has 0 amide bonds. The summed E-state index contributed by atoms with van der Waals surface area (Å²) in [5, 5.41) is 0. The number of rotatable bonds is 0. The van der Waals surface area contributed by atoms with Gasteiger partial charge in [-0.05, 0) is 0 Å². The van der Waals surface area contributed by atoms with Crippen molar-refractivity contribution in [2.24, 2.45) is 4.99 Å². The third-order valence-corrected chi connectivity index (χ3v) is 3.86. The third-order valence-electron chi connectivity index (χ3n) is 1.76. The quantitative estimate of drug-likeness (QED) is 0.619. The molecular weight excluding hydrogens is 373 g/mol. The summed E-state index contributed by atoms with van der Waals surface area (Å²) in [4.78, 5) is 4.25. The van der Waals surface area contributed by atoms with E-state index in [-0.39, 0.29) is 0 Å². The first-order valence-corrected chi connectivity index (χ1v) is 8.01. The predicted octanol–water partition coefficient (Wildman–Crippen LogP) is 3.40. The maximum atomic E-state index is 4.25. The maximum absolute atomic E-state index is 4.25. The zero-order valence-electron chi connectivity index (χ0n) is 10.2. The molecule has 0 saturated carbocycles. The molecule has 1 aromatic rings. The molecule has 3 heteroatoms. The van der Waals surface area contributed by atoms with Gasteiger partial charge in [0.1, 0.15) is 0 Å². The van der Waals surface area contributed by atoms with Gasteiger partial charge in [0.25, 0.3) is 0 Å². The standard InChI is InChI=1S/C8H7N2.2C2H6.Hg/c1-2-4-8-7(3-1)5-9-6-10-8;2*1-2;/h1-5H,6H2;2*1-2H3;/q-1;;;+1. The first-order valence-electron chi connectivity index (χ1n) is 5.55. The topological polar surface area (TPSA) is 15.6 Å². The van der Waals surface area contributed by atoms with Crippen LogP contribution in [0.15, 0.2) is 29.3 Å². The molecule has 0 unspecified atom stereocenters. The Morgan fingerprint density at radius 1 is 1.13 bits per heavy atom. The van der Waals surface area contributed by atoms with Gasteiger partial charge in [0.05, 0.1) is 0 Å². The van der Waals surface area contributed by atoms with E-state index in [4.69, 9.17) is 0 Å². The van der Waals surface area contributed by atoms with E-state index in [9.17, 15) is 0 Å². The Morgan fingerprint density at radius 2 is 1.73 bits per heavy atom. The van der Waals surface area contributed by atoms with E-state index in [1.54, 1.807) is 0 Å². The third kappa shape index (κ3) is 4.33. The summed E-state index contributed by atoms with van der Waals surface area (Å²) in [5.41, 5.74) is 2.61. The summed E-state index contributed by atoms with van der Waals surface area (Å²) in [6, 6.07) is 8.40. The van der Waals surface area contributed by atoms with E-state index in [0.717, 1.165) is 6.67 Å². The van der Waals surface area contributed by atoms with Gasteiger partial charge in [-0.3, -0.25) is 0 Å². The number of fused-ring (bicyclic) bond motifs is 1. The number of para-hydroxylation sites is 1. The Labute approximate surface area is 110 Å². The van der Waals surface area contributed by atoms with Crippen molar-refractivity contribution in [3.8, 4) is 0 Å². The van der Waals surface area contributed by atoms with Crippen molar-refractivity contribution < 1.29 is 26.4 Å². The molecule has 0 radical (unpaired) electrons. The molecule has 0 aliphatic carbocycles. The van der Waals surface area contributed by atoms with Gasteiger partial charge in [0, 0.05) is 0 Å². The second kappa shape index (κ2) is 8.90. The average Bonchev–Trinajstić information content (AvgIpc) is 2.35. The zero-order chi connectivity index (χ0) is 11.7. The monoisotopic (exact) mass is 393 g/mol. The molecule has 0 fully saturated rings. The van der Waals surface area contributed by atoms with E-state index in [2.05, 4.69) is 31.9 Å². The predicted molar refractivity (Wildman–Crippen MR) is 64.1 cm³/mol. The van der Waals surface area contributed by atoms with Crippen LogP contribution in [0, 0.1) is 0 Å².